The Balaban J connectivity index is 2.55. The first kappa shape index (κ1) is 13.5. The zero-order chi connectivity index (χ0) is 14.0. The number of rotatable bonds is 3. The van der Waals surface area contributed by atoms with Crippen LogP contribution in [-0.4, -0.2) is 31.8 Å². The number of aromatic amines is 1. The molecule has 1 N–H and O–H groups in total. The van der Waals surface area contributed by atoms with Crippen molar-refractivity contribution < 1.29 is 8.42 Å². The summed E-state index contributed by atoms with van der Waals surface area (Å²) >= 11 is 0. The molecule has 0 aliphatic carbocycles. The lowest BCUT2D eigenvalue weighted by Crippen LogP contribution is -2.22. The molecule has 0 aliphatic rings. The Labute approximate surface area is 111 Å². The van der Waals surface area contributed by atoms with Crippen molar-refractivity contribution in [3.8, 4) is 11.3 Å². The highest BCUT2D eigenvalue weighted by molar-refractivity contribution is 7.89. The molecule has 0 saturated carbocycles. The first-order chi connectivity index (χ1) is 8.91. The molecule has 1 heterocycles. The molecule has 5 nitrogen and oxygen atoms in total. The molecule has 0 unspecified atom stereocenters. The van der Waals surface area contributed by atoms with Gasteiger partial charge in [-0.05, 0) is 17.7 Å². The molecule has 0 spiro atoms. The summed E-state index contributed by atoms with van der Waals surface area (Å²) in [6.45, 7) is 0. The van der Waals surface area contributed by atoms with Crippen LogP contribution >= 0.6 is 0 Å². The molecule has 0 bridgehead atoms. The molecule has 0 fully saturated rings. The predicted octanol–water partition coefficient (Wildman–Crippen LogP) is 1.29. The summed E-state index contributed by atoms with van der Waals surface area (Å²) in [5.41, 5.74) is 1.11. The fourth-order valence-corrected chi connectivity index (χ4v) is 2.60. The van der Waals surface area contributed by atoms with Crippen LogP contribution in [0.1, 0.15) is 0 Å². The Kier molecular flexibility index (Phi) is 3.55. The topological polar surface area (TPSA) is 70.2 Å². The number of aromatic nitrogens is 1. The highest BCUT2D eigenvalue weighted by Crippen LogP contribution is 2.21. The van der Waals surface area contributed by atoms with Gasteiger partial charge in [-0.2, -0.15) is 0 Å². The van der Waals surface area contributed by atoms with Crippen LogP contribution in [-0.2, 0) is 10.0 Å². The van der Waals surface area contributed by atoms with Crippen molar-refractivity contribution in [2.24, 2.45) is 0 Å². The quantitative estimate of drug-likeness (QED) is 0.919. The first-order valence-electron chi connectivity index (χ1n) is 5.63. The average molecular weight is 278 g/mol. The maximum atomic E-state index is 12.0. The molecule has 0 amide bonds. The summed E-state index contributed by atoms with van der Waals surface area (Å²) in [6.07, 6.45) is 1.53. The van der Waals surface area contributed by atoms with Crippen LogP contribution < -0.4 is 5.43 Å². The molecular formula is C13H14N2O3S. The van der Waals surface area contributed by atoms with Gasteiger partial charge in [-0.15, -0.1) is 0 Å². The van der Waals surface area contributed by atoms with E-state index in [4.69, 9.17) is 0 Å². The zero-order valence-electron chi connectivity index (χ0n) is 10.6. The van der Waals surface area contributed by atoms with Gasteiger partial charge in [0.05, 0.1) is 4.90 Å². The largest absolute Gasteiger partial charge is 0.361 e. The maximum absolute atomic E-state index is 12.0. The molecule has 1 aromatic carbocycles. The highest BCUT2D eigenvalue weighted by atomic mass is 32.2. The Morgan fingerprint density at radius 3 is 2.47 bits per heavy atom. The monoisotopic (exact) mass is 278 g/mol. The van der Waals surface area contributed by atoms with Gasteiger partial charge in [0.1, 0.15) is 0 Å². The third-order valence-electron chi connectivity index (χ3n) is 2.70. The van der Waals surface area contributed by atoms with Crippen LogP contribution in [0.15, 0.2) is 52.3 Å². The molecular weight excluding hydrogens is 264 g/mol. The van der Waals surface area contributed by atoms with Crippen LogP contribution in [0.2, 0.25) is 0 Å². The van der Waals surface area contributed by atoms with E-state index in [-0.39, 0.29) is 10.3 Å². The van der Waals surface area contributed by atoms with Crippen LogP contribution in [0.25, 0.3) is 11.3 Å². The van der Waals surface area contributed by atoms with Crippen molar-refractivity contribution in [1.82, 2.24) is 9.29 Å². The molecule has 2 rings (SSSR count). The molecule has 2 aromatic rings. The standard InChI is InChI=1S/C13H14N2O3S/c1-15(2)19(17,18)12-5-3-4-10(8-12)13-9-11(16)6-7-14-13/h3-9H,1-2H3,(H,14,16). The van der Waals surface area contributed by atoms with Gasteiger partial charge in [0, 0.05) is 38.1 Å². The van der Waals surface area contributed by atoms with E-state index < -0.39 is 10.0 Å². The van der Waals surface area contributed by atoms with Gasteiger partial charge in [0.25, 0.3) is 0 Å². The number of nitrogens with one attached hydrogen (secondary N) is 1. The van der Waals surface area contributed by atoms with E-state index in [1.165, 1.54) is 38.5 Å². The van der Waals surface area contributed by atoms with Gasteiger partial charge >= 0.3 is 0 Å². The van der Waals surface area contributed by atoms with Crippen molar-refractivity contribution in [3.05, 3.63) is 52.8 Å². The van der Waals surface area contributed by atoms with Gasteiger partial charge < -0.3 is 4.98 Å². The fourth-order valence-electron chi connectivity index (χ4n) is 1.65. The average Bonchev–Trinajstić information content (AvgIpc) is 2.38. The summed E-state index contributed by atoms with van der Waals surface area (Å²) in [5.74, 6) is 0. The Morgan fingerprint density at radius 2 is 1.84 bits per heavy atom. The SMILES string of the molecule is CN(C)S(=O)(=O)c1cccc(-c2cc(=O)cc[nH]2)c1. The van der Waals surface area contributed by atoms with Crippen LogP contribution in [0.3, 0.4) is 0 Å². The normalized spacial score (nSPS) is 11.7. The van der Waals surface area contributed by atoms with Crippen molar-refractivity contribution in [1.29, 1.82) is 0 Å². The van der Waals surface area contributed by atoms with E-state index in [0.29, 0.717) is 11.3 Å². The molecule has 0 aliphatic heterocycles. The second-order valence-electron chi connectivity index (χ2n) is 4.25. The van der Waals surface area contributed by atoms with Gasteiger partial charge in [-0.25, -0.2) is 12.7 Å². The molecule has 6 heteroatoms. The Morgan fingerprint density at radius 1 is 1.11 bits per heavy atom. The number of hydrogen-bond acceptors (Lipinski definition) is 3. The lowest BCUT2D eigenvalue weighted by Gasteiger charge is -2.12. The van der Waals surface area contributed by atoms with Gasteiger partial charge in [0.2, 0.25) is 10.0 Å². The van der Waals surface area contributed by atoms with Crippen LogP contribution in [0, 0.1) is 0 Å². The second-order valence-corrected chi connectivity index (χ2v) is 6.41. The van der Waals surface area contributed by atoms with Crippen molar-refractivity contribution in [3.63, 3.8) is 0 Å². The summed E-state index contributed by atoms with van der Waals surface area (Å²) in [6, 6.07) is 9.31. The fraction of sp³-hybridized carbons (Fsp3) is 0.154. The number of nitrogens with zero attached hydrogens (tertiary/aromatic N) is 1. The lowest BCUT2D eigenvalue weighted by atomic mass is 10.1. The molecule has 0 saturated heterocycles. The van der Waals surface area contributed by atoms with Crippen molar-refractivity contribution >= 4 is 10.0 Å². The number of sulfonamides is 1. The van der Waals surface area contributed by atoms with Gasteiger partial charge in [-0.1, -0.05) is 12.1 Å². The van der Waals surface area contributed by atoms with Crippen molar-refractivity contribution in [2.75, 3.05) is 14.1 Å². The maximum Gasteiger partial charge on any atom is 0.242 e. The third-order valence-corrected chi connectivity index (χ3v) is 4.51. The number of hydrogen-bond donors (Lipinski definition) is 1. The summed E-state index contributed by atoms with van der Waals surface area (Å²) in [5, 5.41) is 0. The molecule has 0 atom stereocenters. The molecule has 1 aromatic heterocycles. The van der Waals surface area contributed by atoms with E-state index in [1.807, 2.05) is 0 Å². The number of benzene rings is 1. The lowest BCUT2D eigenvalue weighted by molar-refractivity contribution is 0.521. The second kappa shape index (κ2) is 4.99. The minimum absolute atomic E-state index is 0.130. The minimum Gasteiger partial charge on any atom is -0.361 e. The molecule has 100 valence electrons. The molecule has 19 heavy (non-hydrogen) atoms. The summed E-state index contributed by atoms with van der Waals surface area (Å²) < 4.78 is 25.2. The van der Waals surface area contributed by atoms with E-state index in [1.54, 1.807) is 18.2 Å². The smallest absolute Gasteiger partial charge is 0.242 e. The number of H-pyrrole nitrogens is 1. The summed E-state index contributed by atoms with van der Waals surface area (Å²) in [7, 11) is -0.519. The van der Waals surface area contributed by atoms with E-state index >= 15 is 0 Å². The van der Waals surface area contributed by atoms with Gasteiger partial charge in [-0.3, -0.25) is 4.79 Å². The van der Waals surface area contributed by atoms with E-state index in [9.17, 15) is 13.2 Å². The highest BCUT2D eigenvalue weighted by Gasteiger charge is 2.17. The first-order valence-corrected chi connectivity index (χ1v) is 7.07. The zero-order valence-corrected chi connectivity index (χ0v) is 11.4. The number of pyridine rings is 1. The minimum atomic E-state index is -3.48. The van der Waals surface area contributed by atoms with Crippen LogP contribution in [0.4, 0.5) is 0 Å². The third kappa shape index (κ3) is 2.74. The Hall–Kier alpha value is -1.92. The van der Waals surface area contributed by atoms with Gasteiger partial charge in [0.15, 0.2) is 5.43 Å². The van der Waals surface area contributed by atoms with E-state index in [0.717, 1.165) is 4.31 Å². The molecule has 0 radical (unpaired) electrons. The Bertz CT molecular complexity index is 748. The van der Waals surface area contributed by atoms with Crippen molar-refractivity contribution in [2.45, 2.75) is 4.90 Å². The van der Waals surface area contributed by atoms with Crippen LogP contribution in [0.5, 0.6) is 0 Å². The van der Waals surface area contributed by atoms with E-state index in [2.05, 4.69) is 4.98 Å². The summed E-state index contributed by atoms with van der Waals surface area (Å²) in [4.78, 5) is 14.4. The predicted molar refractivity (Wildman–Crippen MR) is 73.4 cm³/mol.